The fourth-order valence-electron chi connectivity index (χ4n) is 5.66. The molecule has 1 N–H and O–H groups in total. The maximum atomic E-state index is 13.6. The Morgan fingerprint density at radius 1 is 0.923 bits per heavy atom. The first-order valence-electron chi connectivity index (χ1n) is 13.4. The molecule has 0 saturated carbocycles. The SMILES string of the molecule is C=CCOC(=O)N1C[C@@H](SC(c2ccccc2)(c2ccccc2)c2ccccc2)C[C@H]1C(=O)N1CCC(O)C1. The Morgan fingerprint density at radius 2 is 1.46 bits per heavy atom. The standard InChI is InChI=1S/C32H34N2O4S/c1-2-20-38-31(37)34-23-28(21-29(34)30(36)33-19-18-27(35)22-33)39-32(24-12-6-3-7-13-24,25-14-8-4-9-15-25)26-16-10-5-11-17-26/h2-17,27-29,35H,1,18-23H2/t27?,28-,29-/m0/s1. The van der Waals surface area contributed by atoms with Gasteiger partial charge < -0.3 is 14.7 Å². The van der Waals surface area contributed by atoms with Crippen LogP contribution in [0.5, 0.6) is 0 Å². The van der Waals surface area contributed by atoms with Gasteiger partial charge in [0.25, 0.3) is 0 Å². The molecule has 202 valence electrons. The molecule has 2 amide bonds. The van der Waals surface area contributed by atoms with E-state index in [0.29, 0.717) is 32.5 Å². The quantitative estimate of drug-likeness (QED) is 0.318. The summed E-state index contributed by atoms with van der Waals surface area (Å²) in [5.74, 6) is -0.130. The van der Waals surface area contributed by atoms with Crippen LogP contribution in [0.4, 0.5) is 4.79 Å². The Balaban J connectivity index is 1.54. The molecular formula is C32H34N2O4S. The summed E-state index contributed by atoms with van der Waals surface area (Å²) in [6.45, 7) is 4.89. The van der Waals surface area contributed by atoms with Crippen LogP contribution in [0, 0.1) is 0 Å². The van der Waals surface area contributed by atoms with Crippen molar-refractivity contribution in [1.29, 1.82) is 0 Å². The van der Waals surface area contributed by atoms with E-state index in [9.17, 15) is 14.7 Å². The molecular weight excluding hydrogens is 508 g/mol. The lowest BCUT2D eigenvalue weighted by Gasteiger charge is -2.37. The van der Waals surface area contributed by atoms with Crippen LogP contribution in [0.1, 0.15) is 29.5 Å². The molecule has 3 aromatic rings. The maximum absolute atomic E-state index is 13.6. The van der Waals surface area contributed by atoms with Gasteiger partial charge in [0.2, 0.25) is 5.91 Å². The molecule has 39 heavy (non-hydrogen) atoms. The lowest BCUT2D eigenvalue weighted by molar-refractivity contribution is -0.134. The first kappa shape index (κ1) is 27.0. The van der Waals surface area contributed by atoms with E-state index >= 15 is 0 Å². The van der Waals surface area contributed by atoms with Gasteiger partial charge in [0.1, 0.15) is 12.6 Å². The summed E-state index contributed by atoms with van der Waals surface area (Å²) in [6, 6.07) is 30.6. The van der Waals surface area contributed by atoms with Gasteiger partial charge in [0, 0.05) is 24.9 Å². The molecule has 3 aromatic carbocycles. The lowest BCUT2D eigenvalue weighted by Crippen LogP contribution is -2.47. The second kappa shape index (κ2) is 12.1. The van der Waals surface area contributed by atoms with Gasteiger partial charge in [-0.1, -0.05) is 104 Å². The maximum Gasteiger partial charge on any atom is 0.410 e. The molecule has 5 rings (SSSR count). The molecule has 1 unspecified atom stereocenters. The number of ether oxygens (including phenoxy) is 1. The van der Waals surface area contributed by atoms with Crippen molar-refractivity contribution in [3.05, 3.63) is 120 Å². The molecule has 2 aliphatic heterocycles. The zero-order chi connectivity index (χ0) is 27.2. The monoisotopic (exact) mass is 542 g/mol. The number of benzene rings is 3. The third-order valence-electron chi connectivity index (χ3n) is 7.47. The van der Waals surface area contributed by atoms with Crippen LogP contribution in [-0.4, -0.2) is 70.5 Å². The largest absolute Gasteiger partial charge is 0.445 e. The Kier molecular flexibility index (Phi) is 8.38. The second-order valence-corrected chi connectivity index (χ2v) is 11.5. The fourth-order valence-corrected chi connectivity index (χ4v) is 7.49. The molecule has 3 atom stereocenters. The molecule has 7 heteroatoms. The molecule has 2 aliphatic rings. The lowest BCUT2D eigenvalue weighted by atomic mass is 9.84. The molecule has 0 bridgehead atoms. The average molecular weight is 543 g/mol. The smallest absolute Gasteiger partial charge is 0.410 e. The van der Waals surface area contributed by atoms with E-state index in [4.69, 9.17) is 4.74 Å². The van der Waals surface area contributed by atoms with E-state index in [-0.39, 0.29) is 17.8 Å². The van der Waals surface area contributed by atoms with Gasteiger partial charge in [-0.2, -0.15) is 0 Å². The summed E-state index contributed by atoms with van der Waals surface area (Å²) in [6.07, 6.45) is 1.54. The minimum absolute atomic E-state index is 0.0524. The first-order chi connectivity index (χ1) is 19.0. The molecule has 0 aromatic heterocycles. The zero-order valence-electron chi connectivity index (χ0n) is 21.9. The molecule has 2 saturated heterocycles. The van der Waals surface area contributed by atoms with Crippen molar-refractivity contribution >= 4 is 23.8 Å². The summed E-state index contributed by atoms with van der Waals surface area (Å²) in [4.78, 5) is 30.0. The van der Waals surface area contributed by atoms with E-state index in [0.717, 1.165) is 16.7 Å². The van der Waals surface area contributed by atoms with Crippen molar-refractivity contribution in [3.8, 4) is 0 Å². The number of thioether (sulfide) groups is 1. The second-order valence-electron chi connectivity index (χ2n) is 10.0. The number of hydrogen-bond acceptors (Lipinski definition) is 5. The average Bonchev–Trinajstić information content (AvgIpc) is 3.62. The van der Waals surface area contributed by atoms with Crippen LogP contribution in [0.2, 0.25) is 0 Å². The van der Waals surface area contributed by atoms with Crippen LogP contribution in [0.25, 0.3) is 0 Å². The number of hydrogen-bond donors (Lipinski definition) is 1. The van der Waals surface area contributed by atoms with Crippen molar-refractivity contribution in [1.82, 2.24) is 9.80 Å². The van der Waals surface area contributed by atoms with E-state index in [1.54, 1.807) is 21.6 Å². The molecule has 0 aliphatic carbocycles. The Bertz CT molecular complexity index is 1170. The minimum Gasteiger partial charge on any atom is -0.445 e. The van der Waals surface area contributed by atoms with Crippen LogP contribution < -0.4 is 0 Å². The zero-order valence-corrected chi connectivity index (χ0v) is 22.7. The predicted octanol–water partition coefficient (Wildman–Crippen LogP) is 5.07. The topological polar surface area (TPSA) is 70.1 Å². The first-order valence-corrected chi connectivity index (χ1v) is 14.3. The van der Waals surface area contributed by atoms with Gasteiger partial charge >= 0.3 is 6.09 Å². The highest BCUT2D eigenvalue weighted by Gasteiger charge is 2.47. The van der Waals surface area contributed by atoms with E-state index in [2.05, 4.69) is 79.4 Å². The Labute approximate surface area is 234 Å². The van der Waals surface area contributed by atoms with Crippen LogP contribution in [-0.2, 0) is 14.3 Å². The molecule has 0 spiro atoms. The van der Waals surface area contributed by atoms with Crippen molar-refractivity contribution in [3.63, 3.8) is 0 Å². The van der Waals surface area contributed by atoms with Gasteiger partial charge in [0.05, 0.1) is 10.9 Å². The number of amides is 2. The Morgan fingerprint density at radius 3 is 1.92 bits per heavy atom. The van der Waals surface area contributed by atoms with Gasteiger partial charge in [-0.15, -0.1) is 11.8 Å². The molecule has 6 nitrogen and oxygen atoms in total. The minimum atomic E-state index is -0.648. The van der Waals surface area contributed by atoms with Crippen LogP contribution in [0.15, 0.2) is 104 Å². The normalized spacial score (nSPS) is 21.1. The van der Waals surface area contributed by atoms with Gasteiger partial charge in [0.15, 0.2) is 0 Å². The summed E-state index contributed by atoms with van der Waals surface area (Å²) in [5.41, 5.74) is 3.39. The number of aliphatic hydroxyl groups is 1. The van der Waals surface area contributed by atoms with E-state index in [1.165, 1.54) is 6.08 Å². The molecule has 0 radical (unpaired) electrons. The summed E-state index contributed by atoms with van der Waals surface area (Å²) < 4.78 is 4.85. The van der Waals surface area contributed by atoms with Crippen molar-refractivity contribution < 1.29 is 19.4 Å². The third kappa shape index (κ3) is 5.60. The highest BCUT2D eigenvalue weighted by molar-refractivity contribution is 8.01. The van der Waals surface area contributed by atoms with Gasteiger partial charge in [-0.3, -0.25) is 9.69 Å². The number of likely N-dealkylation sites (tertiary alicyclic amines) is 2. The predicted molar refractivity (Wildman–Crippen MR) is 154 cm³/mol. The summed E-state index contributed by atoms with van der Waals surface area (Å²) in [7, 11) is 0. The van der Waals surface area contributed by atoms with E-state index in [1.807, 2.05) is 18.2 Å². The number of β-amino-alcohol motifs (C(OH)–C–C–N with tert-alkyl or cyclic N) is 1. The number of carbonyl (C=O) groups excluding carboxylic acids is 2. The number of carbonyl (C=O) groups is 2. The molecule has 2 heterocycles. The highest BCUT2D eigenvalue weighted by Crippen LogP contribution is 2.52. The number of nitrogens with zero attached hydrogens (tertiary/aromatic N) is 2. The van der Waals surface area contributed by atoms with Gasteiger partial charge in [-0.05, 0) is 29.5 Å². The summed E-state index contributed by atoms with van der Waals surface area (Å²) >= 11 is 1.78. The molecule has 2 fully saturated rings. The van der Waals surface area contributed by atoms with Gasteiger partial charge in [-0.25, -0.2) is 4.79 Å². The van der Waals surface area contributed by atoms with Crippen molar-refractivity contribution in [2.24, 2.45) is 0 Å². The van der Waals surface area contributed by atoms with E-state index < -0.39 is 23.0 Å². The summed E-state index contributed by atoms with van der Waals surface area (Å²) in [5, 5.41) is 10.00. The Hall–Kier alpha value is -3.55. The van der Waals surface area contributed by atoms with Crippen molar-refractivity contribution in [2.45, 2.75) is 35.0 Å². The third-order valence-corrected chi connectivity index (χ3v) is 9.20. The number of rotatable bonds is 8. The van der Waals surface area contributed by atoms with Crippen LogP contribution >= 0.6 is 11.8 Å². The van der Waals surface area contributed by atoms with Crippen LogP contribution in [0.3, 0.4) is 0 Å². The fraction of sp³-hybridized carbons (Fsp3) is 0.312. The number of aliphatic hydroxyl groups excluding tert-OH is 1. The highest BCUT2D eigenvalue weighted by atomic mass is 32.2. The van der Waals surface area contributed by atoms with Crippen molar-refractivity contribution in [2.75, 3.05) is 26.2 Å².